The normalized spacial score (nSPS) is 10.1. The van der Waals surface area contributed by atoms with Crippen LogP contribution in [0.2, 0.25) is 0 Å². The number of hydrogen-bond acceptors (Lipinski definition) is 5. The highest BCUT2D eigenvalue weighted by Crippen LogP contribution is 2.17. The van der Waals surface area contributed by atoms with Gasteiger partial charge in [-0.05, 0) is 24.3 Å². The molecule has 1 aromatic rings. The number of rotatable bonds is 3. The highest BCUT2D eigenvalue weighted by Gasteiger charge is 1.92. The van der Waals surface area contributed by atoms with Gasteiger partial charge in [0.15, 0.2) is 0 Å². The van der Waals surface area contributed by atoms with Crippen molar-refractivity contribution in [3.8, 4) is 5.75 Å². The molecule has 0 aromatic heterocycles. The van der Waals surface area contributed by atoms with E-state index in [9.17, 15) is 4.79 Å². The van der Waals surface area contributed by atoms with E-state index in [1.807, 2.05) is 0 Å². The van der Waals surface area contributed by atoms with Gasteiger partial charge in [0.1, 0.15) is 5.75 Å². The first kappa shape index (κ1) is 9.97. The van der Waals surface area contributed by atoms with E-state index in [-0.39, 0.29) is 0 Å². The maximum absolute atomic E-state index is 10.1. The number of hydrogen-bond donors (Lipinski definition) is 1. The van der Waals surface area contributed by atoms with Crippen molar-refractivity contribution in [2.75, 3.05) is 7.11 Å². The Bertz CT molecular complexity index is 334. The van der Waals surface area contributed by atoms with Crippen LogP contribution in [0.5, 0.6) is 5.75 Å². The fourth-order valence-electron chi connectivity index (χ4n) is 0.757. The van der Waals surface area contributed by atoms with Crippen LogP contribution in [-0.2, 0) is 4.84 Å². The summed E-state index contributed by atoms with van der Waals surface area (Å²) in [6.07, 6.45) is -0.998. The van der Waals surface area contributed by atoms with Gasteiger partial charge in [0, 0.05) is 5.28 Å². The molecule has 0 spiro atoms. The molecule has 1 aromatic carbocycles. The molecule has 14 heavy (non-hydrogen) atoms. The van der Waals surface area contributed by atoms with E-state index in [0.29, 0.717) is 11.4 Å². The van der Waals surface area contributed by atoms with Gasteiger partial charge in [-0.3, -0.25) is 4.84 Å². The molecule has 74 valence electrons. The maximum Gasteiger partial charge on any atom is 0.432 e. The third-order valence-corrected chi connectivity index (χ3v) is 1.36. The SMILES string of the molecule is COc1ccc(N=NOC(N)=O)cc1. The van der Waals surface area contributed by atoms with Crippen LogP contribution in [0, 0.1) is 0 Å². The molecule has 0 saturated carbocycles. The molecule has 0 fully saturated rings. The average molecular weight is 195 g/mol. The lowest BCUT2D eigenvalue weighted by atomic mass is 10.3. The second-order valence-corrected chi connectivity index (χ2v) is 2.29. The van der Waals surface area contributed by atoms with E-state index < -0.39 is 6.09 Å². The molecule has 1 rings (SSSR count). The van der Waals surface area contributed by atoms with Gasteiger partial charge in [0.2, 0.25) is 0 Å². The van der Waals surface area contributed by atoms with E-state index >= 15 is 0 Å². The number of nitrogens with zero attached hydrogens (tertiary/aromatic N) is 2. The van der Waals surface area contributed by atoms with Crippen molar-refractivity contribution in [2.24, 2.45) is 16.1 Å². The van der Waals surface area contributed by atoms with Crippen LogP contribution in [0.1, 0.15) is 0 Å². The monoisotopic (exact) mass is 195 g/mol. The number of carbonyl (C=O) groups excluding carboxylic acids is 1. The van der Waals surface area contributed by atoms with E-state index in [0.717, 1.165) is 0 Å². The Morgan fingerprint density at radius 1 is 1.36 bits per heavy atom. The summed E-state index contributed by atoms with van der Waals surface area (Å²) in [4.78, 5) is 14.2. The number of methoxy groups -OCH3 is 1. The number of amides is 1. The van der Waals surface area contributed by atoms with Gasteiger partial charge in [0.05, 0.1) is 12.8 Å². The molecule has 1 amide bonds. The van der Waals surface area contributed by atoms with Crippen molar-refractivity contribution in [3.63, 3.8) is 0 Å². The standard InChI is InChI=1S/C8H9N3O3/c1-13-7-4-2-6(3-5-7)10-11-14-8(9)12/h2-5H,1H3,(H2,9,12). The zero-order chi connectivity index (χ0) is 10.4. The summed E-state index contributed by atoms with van der Waals surface area (Å²) in [5.41, 5.74) is 5.20. The summed E-state index contributed by atoms with van der Waals surface area (Å²) in [7, 11) is 1.56. The molecule has 0 saturated heterocycles. The van der Waals surface area contributed by atoms with E-state index in [2.05, 4.69) is 21.0 Å². The van der Waals surface area contributed by atoms with Gasteiger partial charge >= 0.3 is 6.09 Å². The van der Waals surface area contributed by atoms with Crippen molar-refractivity contribution in [1.82, 2.24) is 0 Å². The summed E-state index contributed by atoms with van der Waals surface area (Å²) < 4.78 is 4.93. The van der Waals surface area contributed by atoms with Crippen LogP contribution in [-0.4, -0.2) is 13.2 Å². The molecule has 6 heteroatoms. The van der Waals surface area contributed by atoms with Gasteiger partial charge < -0.3 is 10.5 Å². The summed E-state index contributed by atoms with van der Waals surface area (Å²) in [6.45, 7) is 0. The van der Waals surface area contributed by atoms with Crippen LogP contribution in [0.25, 0.3) is 0 Å². The molecule has 0 unspecified atom stereocenters. The van der Waals surface area contributed by atoms with Crippen molar-refractivity contribution in [1.29, 1.82) is 0 Å². The van der Waals surface area contributed by atoms with Gasteiger partial charge in [-0.2, -0.15) is 0 Å². The average Bonchev–Trinajstić information content (AvgIpc) is 2.18. The van der Waals surface area contributed by atoms with Crippen LogP contribution < -0.4 is 10.5 Å². The second-order valence-electron chi connectivity index (χ2n) is 2.29. The van der Waals surface area contributed by atoms with Crippen LogP contribution >= 0.6 is 0 Å². The summed E-state index contributed by atoms with van der Waals surface area (Å²) >= 11 is 0. The molecule has 0 aliphatic rings. The van der Waals surface area contributed by atoms with Gasteiger partial charge in [-0.25, -0.2) is 4.79 Å². The fourth-order valence-corrected chi connectivity index (χ4v) is 0.757. The number of benzene rings is 1. The number of primary amides is 1. The highest BCUT2D eigenvalue weighted by atomic mass is 16.7. The Morgan fingerprint density at radius 2 is 2.00 bits per heavy atom. The molecule has 0 radical (unpaired) electrons. The zero-order valence-corrected chi connectivity index (χ0v) is 7.51. The Kier molecular flexibility index (Phi) is 3.42. The largest absolute Gasteiger partial charge is 0.497 e. The smallest absolute Gasteiger partial charge is 0.432 e. The van der Waals surface area contributed by atoms with Gasteiger partial charge in [-0.15, -0.1) is 5.11 Å². The van der Waals surface area contributed by atoms with Crippen molar-refractivity contribution < 1.29 is 14.4 Å². The molecule has 0 bridgehead atoms. The van der Waals surface area contributed by atoms with E-state index in [1.54, 1.807) is 31.4 Å². The first-order chi connectivity index (χ1) is 6.72. The Morgan fingerprint density at radius 3 is 2.50 bits per heavy atom. The zero-order valence-electron chi connectivity index (χ0n) is 7.51. The van der Waals surface area contributed by atoms with Crippen molar-refractivity contribution >= 4 is 11.8 Å². The first-order valence-electron chi connectivity index (χ1n) is 3.74. The third kappa shape index (κ3) is 3.10. The minimum Gasteiger partial charge on any atom is -0.497 e. The Balaban J connectivity index is 2.59. The number of ether oxygens (including phenoxy) is 1. The van der Waals surface area contributed by atoms with Crippen LogP contribution in [0.3, 0.4) is 0 Å². The number of nitrogens with two attached hydrogens (primary N) is 1. The Labute approximate surface area is 80.3 Å². The predicted molar refractivity (Wildman–Crippen MR) is 48.2 cm³/mol. The molecular formula is C8H9N3O3. The summed E-state index contributed by atoms with van der Waals surface area (Å²) in [6, 6.07) is 6.73. The Hall–Kier alpha value is -2.11. The van der Waals surface area contributed by atoms with Crippen molar-refractivity contribution in [3.05, 3.63) is 24.3 Å². The molecular weight excluding hydrogens is 186 g/mol. The predicted octanol–water partition coefficient (Wildman–Crippen LogP) is 1.79. The molecule has 2 N–H and O–H groups in total. The molecule has 0 heterocycles. The van der Waals surface area contributed by atoms with Crippen LogP contribution in [0.4, 0.5) is 10.5 Å². The molecule has 0 aliphatic carbocycles. The lowest BCUT2D eigenvalue weighted by Crippen LogP contribution is -2.08. The van der Waals surface area contributed by atoms with Crippen LogP contribution in [0.15, 0.2) is 34.7 Å². The highest BCUT2D eigenvalue weighted by molar-refractivity contribution is 5.64. The lowest BCUT2D eigenvalue weighted by molar-refractivity contribution is 0.153. The lowest BCUT2D eigenvalue weighted by Gasteiger charge is -1.97. The topological polar surface area (TPSA) is 86.3 Å². The molecule has 0 atom stereocenters. The quantitative estimate of drug-likeness (QED) is 0.589. The van der Waals surface area contributed by atoms with E-state index in [1.165, 1.54) is 0 Å². The molecule has 0 aliphatic heterocycles. The minimum absolute atomic E-state index is 0.534. The summed E-state index contributed by atoms with van der Waals surface area (Å²) in [5, 5.41) is 6.67. The fraction of sp³-hybridized carbons (Fsp3) is 0.125. The first-order valence-corrected chi connectivity index (χ1v) is 3.74. The van der Waals surface area contributed by atoms with Gasteiger partial charge in [-0.1, -0.05) is 0 Å². The summed E-state index contributed by atoms with van der Waals surface area (Å²) in [5.74, 6) is 0.708. The number of carbonyl (C=O) groups is 1. The maximum atomic E-state index is 10.1. The van der Waals surface area contributed by atoms with E-state index in [4.69, 9.17) is 4.74 Å². The third-order valence-electron chi connectivity index (χ3n) is 1.36. The minimum atomic E-state index is -0.998. The van der Waals surface area contributed by atoms with Gasteiger partial charge in [0.25, 0.3) is 0 Å². The second kappa shape index (κ2) is 4.80. The molecule has 6 nitrogen and oxygen atoms in total. The van der Waals surface area contributed by atoms with Crippen molar-refractivity contribution in [2.45, 2.75) is 0 Å².